The summed E-state index contributed by atoms with van der Waals surface area (Å²) in [7, 11) is 1.69. The highest BCUT2D eigenvalue weighted by molar-refractivity contribution is 5.36. The number of methoxy groups -OCH3 is 1. The van der Waals surface area contributed by atoms with Crippen LogP contribution in [0, 0.1) is 6.92 Å². The zero-order valence-corrected chi connectivity index (χ0v) is 12.3. The number of hydrogen-bond donors (Lipinski definition) is 1. The van der Waals surface area contributed by atoms with Gasteiger partial charge in [0.25, 0.3) is 0 Å². The third-order valence-electron chi connectivity index (χ3n) is 3.11. The largest absolute Gasteiger partial charge is 0.497 e. The molecule has 2 aromatic rings. The van der Waals surface area contributed by atoms with E-state index in [-0.39, 0.29) is 0 Å². The number of hydrogen-bond acceptors (Lipinski definition) is 4. The van der Waals surface area contributed by atoms with Gasteiger partial charge in [-0.05, 0) is 37.5 Å². The predicted octanol–water partition coefficient (Wildman–Crippen LogP) is 3.01. The molecule has 4 nitrogen and oxygen atoms in total. The number of ether oxygens (including phenoxy) is 1. The molecule has 0 aliphatic rings. The van der Waals surface area contributed by atoms with Crippen molar-refractivity contribution in [3.05, 3.63) is 47.4 Å². The first-order valence-electron chi connectivity index (χ1n) is 6.92. The van der Waals surface area contributed by atoms with E-state index in [1.165, 1.54) is 5.56 Å². The first kappa shape index (κ1) is 14.3. The Morgan fingerprint density at radius 3 is 2.80 bits per heavy atom. The highest BCUT2D eigenvalue weighted by Crippen LogP contribution is 2.13. The Labute approximate surface area is 120 Å². The number of benzene rings is 1. The van der Waals surface area contributed by atoms with Crippen molar-refractivity contribution in [2.75, 3.05) is 19.0 Å². The molecule has 20 heavy (non-hydrogen) atoms. The van der Waals surface area contributed by atoms with Gasteiger partial charge in [-0.15, -0.1) is 0 Å². The van der Waals surface area contributed by atoms with Gasteiger partial charge in [0, 0.05) is 18.3 Å². The molecule has 1 heterocycles. The van der Waals surface area contributed by atoms with Gasteiger partial charge >= 0.3 is 0 Å². The molecule has 0 aliphatic carbocycles. The van der Waals surface area contributed by atoms with Crippen molar-refractivity contribution < 1.29 is 4.74 Å². The molecule has 1 aromatic carbocycles. The lowest BCUT2D eigenvalue weighted by Gasteiger charge is -2.08. The van der Waals surface area contributed by atoms with E-state index in [0.717, 1.165) is 42.5 Å². The zero-order valence-electron chi connectivity index (χ0n) is 12.3. The Kier molecular flexibility index (Phi) is 4.93. The quantitative estimate of drug-likeness (QED) is 0.877. The molecule has 2 rings (SSSR count). The number of rotatable bonds is 6. The SMILES string of the molecule is CCc1cc(NCCc2cccc(OC)c2)nc(C)n1. The van der Waals surface area contributed by atoms with Crippen molar-refractivity contribution in [3.8, 4) is 5.75 Å². The fourth-order valence-corrected chi connectivity index (χ4v) is 2.06. The van der Waals surface area contributed by atoms with E-state index in [4.69, 9.17) is 4.74 Å². The Morgan fingerprint density at radius 2 is 2.05 bits per heavy atom. The molecule has 0 radical (unpaired) electrons. The maximum absolute atomic E-state index is 5.22. The van der Waals surface area contributed by atoms with Crippen molar-refractivity contribution in [1.82, 2.24) is 9.97 Å². The second-order valence-electron chi connectivity index (χ2n) is 4.67. The first-order chi connectivity index (χ1) is 9.71. The van der Waals surface area contributed by atoms with Gasteiger partial charge in [-0.2, -0.15) is 0 Å². The second-order valence-corrected chi connectivity index (χ2v) is 4.67. The van der Waals surface area contributed by atoms with Crippen molar-refractivity contribution in [1.29, 1.82) is 0 Å². The number of nitrogens with zero attached hydrogens (tertiary/aromatic N) is 2. The van der Waals surface area contributed by atoms with E-state index in [1.807, 2.05) is 25.1 Å². The van der Waals surface area contributed by atoms with Gasteiger partial charge in [0.05, 0.1) is 7.11 Å². The van der Waals surface area contributed by atoms with Gasteiger partial charge < -0.3 is 10.1 Å². The lowest BCUT2D eigenvalue weighted by atomic mass is 10.1. The van der Waals surface area contributed by atoms with Crippen LogP contribution in [-0.2, 0) is 12.8 Å². The normalized spacial score (nSPS) is 10.3. The standard InChI is InChI=1S/C16H21N3O/c1-4-14-11-16(19-12(2)18-14)17-9-8-13-6-5-7-15(10-13)20-3/h5-7,10-11H,4,8-9H2,1-3H3,(H,17,18,19). The van der Waals surface area contributed by atoms with Gasteiger partial charge in [-0.3, -0.25) is 0 Å². The molecule has 0 fully saturated rings. The van der Waals surface area contributed by atoms with Crippen molar-refractivity contribution in [3.63, 3.8) is 0 Å². The Morgan fingerprint density at radius 1 is 1.20 bits per heavy atom. The lowest BCUT2D eigenvalue weighted by Crippen LogP contribution is -2.08. The highest BCUT2D eigenvalue weighted by Gasteiger charge is 2.01. The molecule has 0 amide bonds. The molecule has 0 spiro atoms. The molecule has 0 unspecified atom stereocenters. The maximum Gasteiger partial charge on any atom is 0.129 e. The van der Waals surface area contributed by atoms with Gasteiger partial charge in [0.15, 0.2) is 0 Å². The van der Waals surface area contributed by atoms with E-state index in [2.05, 4.69) is 34.3 Å². The first-order valence-corrected chi connectivity index (χ1v) is 6.92. The molecular formula is C16H21N3O. The third kappa shape index (κ3) is 3.95. The van der Waals surface area contributed by atoms with Crippen molar-refractivity contribution in [2.45, 2.75) is 26.7 Å². The topological polar surface area (TPSA) is 47.0 Å². The van der Waals surface area contributed by atoms with E-state index in [9.17, 15) is 0 Å². The highest BCUT2D eigenvalue weighted by atomic mass is 16.5. The minimum atomic E-state index is 0.813. The number of nitrogens with one attached hydrogen (secondary N) is 1. The molecule has 0 bridgehead atoms. The summed E-state index contributed by atoms with van der Waals surface area (Å²) in [6.07, 6.45) is 1.86. The summed E-state index contributed by atoms with van der Waals surface area (Å²) in [6.45, 7) is 4.86. The summed E-state index contributed by atoms with van der Waals surface area (Å²) in [4.78, 5) is 8.77. The number of aryl methyl sites for hydroxylation is 2. The van der Waals surface area contributed by atoms with Crippen LogP contribution in [0.4, 0.5) is 5.82 Å². The van der Waals surface area contributed by atoms with Crippen LogP contribution in [0.25, 0.3) is 0 Å². The predicted molar refractivity (Wildman–Crippen MR) is 81.3 cm³/mol. The minimum absolute atomic E-state index is 0.813. The van der Waals surface area contributed by atoms with Crippen LogP contribution in [0.2, 0.25) is 0 Å². The molecular weight excluding hydrogens is 250 g/mol. The molecule has 0 saturated carbocycles. The molecule has 1 aromatic heterocycles. The van der Waals surface area contributed by atoms with Crippen LogP contribution < -0.4 is 10.1 Å². The molecule has 106 valence electrons. The summed E-state index contributed by atoms with van der Waals surface area (Å²) in [5, 5.41) is 3.35. The van der Waals surface area contributed by atoms with Crippen molar-refractivity contribution in [2.24, 2.45) is 0 Å². The minimum Gasteiger partial charge on any atom is -0.497 e. The average molecular weight is 271 g/mol. The van der Waals surface area contributed by atoms with E-state index < -0.39 is 0 Å². The number of anilines is 1. The van der Waals surface area contributed by atoms with Crippen LogP contribution in [0.3, 0.4) is 0 Å². The van der Waals surface area contributed by atoms with Crippen LogP contribution >= 0.6 is 0 Å². The average Bonchev–Trinajstić information content (AvgIpc) is 2.47. The summed E-state index contributed by atoms with van der Waals surface area (Å²) >= 11 is 0. The fraction of sp³-hybridized carbons (Fsp3) is 0.375. The molecule has 0 aliphatic heterocycles. The molecule has 1 N–H and O–H groups in total. The lowest BCUT2D eigenvalue weighted by molar-refractivity contribution is 0.414. The summed E-state index contributed by atoms with van der Waals surface area (Å²) in [5.74, 6) is 2.61. The molecule has 4 heteroatoms. The van der Waals surface area contributed by atoms with Gasteiger partial charge in [0.1, 0.15) is 17.4 Å². The van der Waals surface area contributed by atoms with Crippen LogP contribution in [-0.4, -0.2) is 23.6 Å². The van der Waals surface area contributed by atoms with Crippen LogP contribution in [0.1, 0.15) is 24.0 Å². The Hall–Kier alpha value is -2.10. The van der Waals surface area contributed by atoms with E-state index >= 15 is 0 Å². The van der Waals surface area contributed by atoms with Crippen LogP contribution in [0.5, 0.6) is 5.75 Å². The number of aromatic nitrogens is 2. The maximum atomic E-state index is 5.22. The molecule has 0 atom stereocenters. The van der Waals surface area contributed by atoms with E-state index in [1.54, 1.807) is 7.11 Å². The third-order valence-corrected chi connectivity index (χ3v) is 3.11. The van der Waals surface area contributed by atoms with Gasteiger partial charge in [-0.1, -0.05) is 19.1 Å². The monoisotopic (exact) mass is 271 g/mol. The van der Waals surface area contributed by atoms with Crippen molar-refractivity contribution >= 4 is 5.82 Å². The van der Waals surface area contributed by atoms with Gasteiger partial charge in [-0.25, -0.2) is 9.97 Å². The summed E-state index contributed by atoms with van der Waals surface area (Å²) in [6, 6.07) is 10.1. The summed E-state index contributed by atoms with van der Waals surface area (Å²) in [5.41, 5.74) is 2.32. The van der Waals surface area contributed by atoms with E-state index in [0.29, 0.717) is 0 Å². The smallest absolute Gasteiger partial charge is 0.129 e. The van der Waals surface area contributed by atoms with Gasteiger partial charge in [0.2, 0.25) is 0 Å². The fourth-order valence-electron chi connectivity index (χ4n) is 2.06. The Balaban J connectivity index is 1.93. The second kappa shape index (κ2) is 6.89. The zero-order chi connectivity index (χ0) is 14.4. The molecule has 0 saturated heterocycles. The summed E-state index contributed by atoms with van der Waals surface area (Å²) < 4.78 is 5.22. The van der Waals surface area contributed by atoms with Crippen LogP contribution in [0.15, 0.2) is 30.3 Å². The Bertz CT molecular complexity index is 569.